The molecule has 4 heteroatoms. The van der Waals surface area contributed by atoms with Crippen molar-refractivity contribution >= 4 is 16.8 Å². The molecule has 0 spiro atoms. The van der Waals surface area contributed by atoms with Crippen LogP contribution in [0.2, 0.25) is 0 Å². The molecule has 0 aliphatic rings. The van der Waals surface area contributed by atoms with Crippen LogP contribution in [-0.4, -0.2) is 36.0 Å². The molecule has 0 atom stereocenters. The van der Waals surface area contributed by atoms with Crippen LogP contribution >= 0.6 is 0 Å². The molecule has 0 saturated heterocycles. The number of hydrogen-bond acceptors (Lipinski definition) is 2. The lowest BCUT2D eigenvalue weighted by atomic mass is 10.1. The van der Waals surface area contributed by atoms with Crippen molar-refractivity contribution in [1.29, 1.82) is 0 Å². The second-order valence-electron chi connectivity index (χ2n) is 5.53. The molecule has 2 aromatic carbocycles. The number of carbonyl (C=O) groups is 1. The Hall–Kier alpha value is -2.75. The van der Waals surface area contributed by atoms with Crippen LogP contribution in [0.25, 0.3) is 10.9 Å². The number of aromatic amines is 1. The Kier molecular flexibility index (Phi) is 4.62. The lowest BCUT2D eigenvalue weighted by molar-refractivity contribution is -0.132. The van der Waals surface area contributed by atoms with Gasteiger partial charge in [-0.25, -0.2) is 0 Å². The molecule has 4 nitrogen and oxygen atoms in total. The van der Waals surface area contributed by atoms with E-state index in [0.717, 1.165) is 11.9 Å². The van der Waals surface area contributed by atoms with Crippen molar-refractivity contribution in [3.05, 3.63) is 66.4 Å². The summed E-state index contributed by atoms with van der Waals surface area (Å²) >= 11 is 0. The van der Waals surface area contributed by atoms with Crippen LogP contribution in [-0.2, 0) is 11.2 Å². The zero-order valence-corrected chi connectivity index (χ0v) is 13.2. The molecule has 0 unspecified atom stereocenters. The number of rotatable bonds is 6. The topological polar surface area (TPSA) is 45.3 Å². The lowest BCUT2D eigenvalue weighted by Gasteiger charge is -2.17. The summed E-state index contributed by atoms with van der Waals surface area (Å²) in [5.41, 5.74) is 2.35. The molecule has 3 rings (SSSR count). The Morgan fingerprint density at radius 2 is 1.83 bits per heavy atom. The van der Waals surface area contributed by atoms with Crippen molar-refractivity contribution in [2.24, 2.45) is 0 Å². The first-order valence-corrected chi connectivity index (χ1v) is 7.71. The van der Waals surface area contributed by atoms with E-state index in [2.05, 4.69) is 17.1 Å². The van der Waals surface area contributed by atoms with Gasteiger partial charge in [-0.3, -0.25) is 4.79 Å². The first kappa shape index (κ1) is 15.2. The third kappa shape index (κ3) is 3.72. The molecule has 0 bridgehead atoms. The van der Waals surface area contributed by atoms with Gasteiger partial charge in [0.25, 0.3) is 5.91 Å². The highest BCUT2D eigenvalue weighted by atomic mass is 16.5. The van der Waals surface area contributed by atoms with Crippen molar-refractivity contribution in [2.45, 2.75) is 6.42 Å². The van der Waals surface area contributed by atoms with Crippen LogP contribution in [0.4, 0.5) is 0 Å². The second kappa shape index (κ2) is 7.01. The maximum absolute atomic E-state index is 12.1. The molecular weight excluding hydrogens is 288 g/mol. The summed E-state index contributed by atoms with van der Waals surface area (Å²) in [6, 6.07) is 17.6. The molecule has 1 aromatic heterocycles. The number of para-hydroxylation sites is 2. The minimum atomic E-state index is -0.0197. The van der Waals surface area contributed by atoms with E-state index in [1.165, 1.54) is 10.9 Å². The van der Waals surface area contributed by atoms with Crippen molar-refractivity contribution < 1.29 is 9.53 Å². The molecule has 0 aliphatic carbocycles. The smallest absolute Gasteiger partial charge is 0.260 e. The van der Waals surface area contributed by atoms with E-state index in [0.29, 0.717) is 12.3 Å². The Bertz CT molecular complexity index is 780. The summed E-state index contributed by atoms with van der Waals surface area (Å²) in [5.74, 6) is 0.694. The first-order chi connectivity index (χ1) is 11.2. The maximum Gasteiger partial charge on any atom is 0.260 e. The molecule has 1 heterocycles. The minimum absolute atomic E-state index is 0.0197. The third-order valence-corrected chi connectivity index (χ3v) is 3.92. The van der Waals surface area contributed by atoms with E-state index in [1.54, 1.807) is 4.90 Å². The number of H-pyrrole nitrogens is 1. The lowest BCUT2D eigenvalue weighted by Crippen LogP contribution is -2.33. The number of nitrogens with zero attached hydrogens (tertiary/aromatic N) is 1. The normalized spacial score (nSPS) is 10.7. The monoisotopic (exact) mass is 308 g/mol. The van der Waals surface area contributed by atoms with Crippen molar-refractivity contribution in [1.82, 2.24) is 9.88 Å². The van der Waals surface area contributed by atoms with Gasteiger partial charge in [-0.1, -0.05) is 36.4 Å². The zero-order valence-electron chi connectivity index (χ0n) is 13.2. The number of benzene rings is 2. The van der Waals surface area contributed by atoms with Gasteiger partial charge in [0.15, 0.2) is 6.61 Å². The van der Waals surface area contributed by atoms with Gasteiger partial charge in [0.1, 0.15) is 5.75 Å². The summed E-state index contributed by atoms with van der Waals surface area (Å²) in [6.07, 6.45) is 2.83. The Labute approximate surface area is 135 Å². The van der Waals surface area contributed by atoms with E-state index in [9.17, 15) is 4.79 Å². The van der Waals surface area contributed by atoms with Crippen molar-refractivity contribution in [2.75, 3.05) is 20.2 Å². The number of aromatic nitrogens is 1. The summed E-state index contributed by atoms with van der Waals surface area (Å²) in [4.78, 5) is 17.1. The fraction of sp³-hybridized carbons (Fsp3) is 0.211. The van der Waals surface area contributed by atoms with Crippen molar-refractivity contribution in [3.8, 4) is 5.75 Å². The van der Waals surface area contributed by atoms with Gasteiger partial charge in [-0.15, -0.1) is 0 Å². The molecule has 0 aliphatic heterocycles. The number of carbonyl (C=O) groups excluding carboxylic acids is 1. The van der Waals surface area contributed by atoms with Crippen LogP contribution in [0.3, 0.4) is 0 Å². The summed E-state index contributed by atoms with van der Waals surface area (Å²) in [7, 11) is 1.81. The summed E-state index contributed by atoms with van der Waals surface area (Å²) in [6.45, 7) is 0.729. The van der Waals surface area contributed by atoms with Gasteiger partial charge in [-0.05, 0) is 30.2 Å². The average Bonchev–Trinajstić information content (AvgIpc) is 3.01. The number of amides is 1. The van der Waals surface area contributed by atoms with Gasteiger partial charge in [0.2, 0.25) is 0 Å². The Morgan fingerprint density at radius 3 is 2.65 bits per heavy atom. The highest BCUT2D eigenvalue weighted by Crippen LogP contribution is 2.18. The van der Waals surface area contributed by atoms with Crippen LogP contribution in [0.15, 0.2) is 60.8 Å². The highest BCUT2D eigenvalue weighted by Gasteiger charge is 2.11. The van der Waals surface area contributed by atoms with E-state index in [1.807, 2.05) is 55.7 Å². The molecule has 1 N–H and O–H groups in total. The quantitative estimate of drug-likeness (QED) is 0.760. The fourth-order valence-corrected chi connectivity index (χ4v) is 2.52. The predicted octanol–water partition coefficient (Wildman–Crippen LogP) is 3.25. The molecule has 23 heavy (non-hydrogen) atoms. The number of hydrogen-bond donors (Lipinski definition) is 1. The van der Waals surface area contributed by atoms with E-state index in [4.69, 9.17) is 4.74 Å². The number of fused-ring (bicyclic) bond motifs is 1. The molecule has 118 valence electrons. The average molecular weight is 308 g/mol. The van der Waals surface area contributed by atoms with Crippen LogP contribution in [0, 0.1) is 0 Å². The minimum Gasteiger partial charge on any atom is -0.484 e. The molecule has 0 radical (unpaired) electrons. The number of likely N-dealkylation sites (N-methyl/N-ethyl adjacent to an activating group) is 1. The van der Waals surface area contributed by atoms with Crippen molar-refractivity contribution in [3.63, 3.8) is 0 Å². The molecular formula is C19H20N2O2. The van der Waals surface area contributed by atoms with Gasteiger partial charge in [-0.2, -0.15) is 0 Å². The van der Waals surface area contributed by atoms with E-state index >= 15 is 0 Å². The van der Waals surface area contributed by atoms with Gasteiger partial charge in [0, 0.05) is 30.7 Å². The van der Waals surface area contributed by atoms with E-state index in [-0.39, 0.29) is 12.5 Å². The van der Waals surface area contributed by atoms with Gasteiger partial charge < -0.3 is 14.6 Å². The molecule has 0 fully saturated rings. The summed E-state index contributed by atoms with van der Waals surface area (Å²) < 4.78 is 5.50. The third-order valence-electron chi connectivity index (χ3n) is 3.92. The number of ether oxygens (including phenoxy) is 1. The standard InChI is InChI=1S/C19H20N2O2/c1-21(19(22)14-23-16-7-3-2-4-8-16)12-11-15-13-20-18-10-6-5-9-17(15)18/h2-10,13,20H,11-12,14H2,1H3. The highest BCUT2D eigenvalue weighted by molar-refractivity contribution is 5.83. The SMILES string of the molecule is CN(CCc1c[nH]c2ccccc12)C(=O)COc1ccccc1. The first-order valence-electron chi connectivity index (χ1n) is 7.71. The molecule has 3 aromatic rings. The van der Waals surface area contributed by atoms with E-state index < -0.39 is 0 Å². The van der Waals surface area contributed by atoms with Gasteiger partial charge in [0.05, 0.1) is 0 Å². The molecule has 1 amide bonds. The molecule has 0 saturated carbocycles. The van der Waals surface area contributed by atoms with Gasteiger partial charge >= 0.3 is 0 Å². The maximum atomic E-state index is 12.1. The largest absolute Gasteiger partial charge is 0.484 e. The fourth-order valence-electron chi connectivity index (χ4n) is 2.52. The van der Waals surface area contributed by atoms with Crippen LogP contribution in [0.5, 0.6) is 5.75 Å². The Morgan fingerprint density at radius 1 is 1.09 bits per heavy atom. The number of nitrogens with one attached hydrogen (secondary N) is 1. The van der Waals surface area contributed by atoms with Crippen LogP contribution in [0.1, 0.15) is 5.56 Å². The second-order valence-corrected chi connectivity index (χ2v) is 5.53. The Balaban J connectivity index is 1.52. The predicted molar refractivity (Wildman–Crippen MR) is 91.6 cm³/mol. The zero-order chi connectivity index (χ0) is 16.1. The van der Waals surface area contributed by atoms with Crippen LogP contribution < -0.4 is 4.74 Å². The summed E-state index contributed by atoms with van der Waals surface area (Å²) in [5, 5.41) is 1.22.